The van der Waals surface area contributed by atoms with Crippen LogP contribution in [-0.4, -0.2) is 47.5 Å². The summed E-state index contributed by atoms with van der Waals surface area (Å²) in [4.78, 5) is 9.14. The Morgan fingerprint density at radius 3 is 3.00 bits per heavy atom. The standard InChI is InChI=1S/C10H18N4S/c1-8-5-13(2)3-4-14(8)6-9-7-15-10(11)12-9/h7-8H,3-6H2,1-2H3,(H2,11,12). The lowest BCUT2D eigenvalue weighted by Crippen LogP contribution is -2.49. The zero-order valence-electron chi connectivity index (χ0n) is 9.31. The number of nitrogens with two attached hydrogens (primary N) is 1. The van der Waals surface area contributed by atoms with E-state index >= 15 is 0 Å². The highest BCUT2D eigenvalue weighted by Crippen LogP contribution is 2.16. The molecular formula is C10H18N4S. The summed E-state index contributed by atoms with van der Waals surface area (Å²) >= 11 is 1.52. The van der Waals surface area contributed by atoms with Crippen molar-refractivity contribution in [3.8, 4) is 0 Å². The minimum atomic E-state index is 0.603. The second kappa shape index (κ2) is 4.47. The zero-order valence-corrected chi connectivity index (χ0v) is 10.1. The third-order valence-corrected chi connectivity index (χ3v) is 3.63. The fourth-order valence-corrected chi connectivity index (χ4v) is 2.57. The second-order valence-corrected chi connectivity index (χ2v) is 5.15. The molecule has 0 aromatic carbocycles. The summed E-state index contributed by atoms with van der Waals surface area (Å²) in [5.41, 5.74) is 6.73. The van der Waals surface area contributed by atoms with Crippen molar-refractivity contribution >= 4 is 16.5 Å². The Morgan fingerprint density at radius 2 is 2.40 bits per heavy atom. The molecule has 84 valence electrons. The summed E-state index contributed by atoms with van der Waals surface area (Å²) in [7, 11) is 2.18. The first-order valence-electron chi connectivity index (χ1n) is 5.27. The summed E-state index contributed by atoms with van der Waals surface area (Å²) in [6.07, 6.45) is 0. The number of thiazole rings is 1. The lowest BCUT2D eigenvalue weighted by Gasteiger charge is -2.37. The van der Waals surface area contributed by atoms with Crippen LogP contribution in [0, 0.1) is 0 Å². The summed E-state index contributed by atoms with van der Waals surface area (Å²) < 4.78 is 0. The van der Waals surface area contributed by atoms with Crippen LogP contribution < -0.4 is 5.73 Å². The minimum absolute atomic E-state index is 0.603. The Labute approximate surface area is 94.7 Å². The summed E-state index contributed by atoms with van der Waals surface area (Å²) in [5, 5.41) is 2.73. The molecule has 0 saturated carbocycles. The van der Waals surface area contributed by atoms with Crippen LogP contribution in [0.3, 0.4) is 0 Å². The molecule has 1 unspecified atom stereocenters. The molecule has 4 nitrogen and oxygen atoms in total. The number of anilines is 1. The number of aromatic nitrogens is 1. The third kappa shape index (κ3) is 2.68. The molecule has 1 fully saturated rings. The maximum absolute atomic E-state index is 5.62. The summed E-state index contributed by atoms with van der Waals surface area (Å²) in [5.74, 6) is 0. The van der Waals surface area contributed by atoms with Gasteiger partial charge in [0.05, 0.1) is 5.69 Å². The van der Waals surface area contributed by atoms with Gasteiger partial charge in [0.15, 0.2) is 5.13 Å². The Kier molecular flexibility index (Phi) is 3.23. The molecule has 1 atom stereocenters. The lowest BCUT2D eigenvalue weighted by molar-refractivity contribution is 0.0929. The molecule has 2 rings (SSSR count). The van der Waals surface area contributed by atoms with Gasteiger partial charge in [-0.3, -0.25) is 4.90 Å². The van der Waals surface area contributed by atoms with Crippen molar-refractivity contribution in [3.05, 3.63) is 11.1 Å². The molecule has 1 aliphatic heterocycles. The molecule has 0 bridgehead atoms. The van der Waals surface area contributed by atoms with E-state index in [1.165, 1.54) is 11.3 Å². The van der Waals surface area contributed by atoms with Crippen molar-refractivity contribution in [2.45, 2.75) is 19.5 Å². The first kappa shape index (κ1) is 10.9. The Bertz CT molecular complexity index is 325. The van der Waals surface area contributed by atoms with Gasteiger partial charge >= 0.3 is 0 Å². The third-order valence-electron chi connectivity index (χ3n) is 2.90. The summed E-state index contributed by atoms with van der Waals surface area (Å²) in [6.45, 7) is 6.60. The van der Waals surface area contributed by atoms with Gasteiger partial charge in [0, 0.05) is 37.6 Å². The molecule has 15 heavy (non-hydrogen) atoms. The number of hydrogen-bond donors (Lipinski definition) is 1. The van der Waals surface area contributed by atoms with Crippen LogP contribution in [-0.2, 0) is 6.54 Å². The topological polar surface area (TPSA) is 45.4 Å². The fourth-order valence-electron chi connectivity index (χ4n) is 2.02. The number of nitrogens with zero attached hydrogens (tertiary/aromatic N) is 3. The van der Waals surface area contributed by atoms with Crippen molar-refractivity contribution < 1.29 is 0 Å². The summed E-state index contributed by atoms with van der Waals surface area (Å²) in [6, 6.07) is 0.603. The highest BCUT2D eigenvalue weighted by Gasteiger charge is 2.21. The fraction of sp³-hybridized carbons (Fsp3) is 0.700. The molecule has 5 heteroatoms. The highest BCUT2D eigenvalue weighted by atomic mass is 32.1. The Balaban J connectivity index is 1.94. The van der Waals surface area contributed by atoms with Crippen molar-refractivity contribution in [1.82, 2.24) is 14.8 Å². The van der Waals surface area contributed by atoms with Gasteiger partial charge in [0.25, 0.3) is 0 Å². The van der Waals surface area contributed by atoms with Gasteiger partial charge in [-0.05, 0) is 14.0 Å². The van der Waals surface area contributed by atoms with Crippen molar-refractivity contribution in [2.24, 2.45) is 0 Å². The van der Waals surface area contributed by atoms with Gasteiger partial charge in [-0.2, -0.15) is 0 Å². The first-order chi connectivity index (χ1) is 7.15. The van der Waals surface area contributed by atoms with Crippen LogP contribution in [0.15, 0.2) is 5.38 Å². The number of piperazine rings is 1. The molecule has 0 amide bonds. The average molecular weight is 226 g/mol. The number of nitrogen functional groups attached to an aromatic ring is 1. The van der Waals surface area contributed by atoms with E-state index in [1.54, 1.807) is 0 Å². The zero-order chi connectivity index (χ0) is 10.8. The van der Waals surface area contributed by atoms with E-state index < -0.39 is 0 Å². The maximum atomic E-state index is 5.62. The number of rotatable bonds is 2. The van der Waals surface area contributed by atoms with Crippen molar-refractivity contribution in [1.29, 1.82) is 0 Å². The van der Waals surface area contributed by atoms with E-state index in [1.807, 2.05) is 0 Å². The molecule has 0 radical (unpaired) electrons. The molecule has 0 aliphatic carbocycles. The monoisotopic (exact) mass is 226 g/mol. The maximum Gasteiger partial charge on any atom is 0.180 e. The van der Waals surface area contributed by atoms with Gasteiger partial charge in [-0.1, -0.05) is 0 Å². The molecule has 0 spiro atoms. The number of hydrogen-bond acceptors (Lipinski definition) is 5. The van der Waals surface area contributed by atoms with Gasteiger partial charge in [0.2, 0.25) is 0 Å². The SMILES string of the molecule is CC1CN(C)CCN1Cc1csc(N)n1. The molecule has 2 N–H and O–H groups in total. The predicted octanol–water partition coefficient (Wildman–Crippen LogP) is 0.861. The van der Waals surface area contributed by atoms with Gasteiger partial charge < -0.3 is 10.6 Å². The minimum Gasteiger partial charge on any atom is -0.375 e. The van der Waals surface area contributed by atoms with E-state index in [2.05, 4.69) is 34.1 Å². The lowest BCUT2D eigenvalue weighted by atomic mass is 10.2. The molecule has 1 aromatic rings. The van der Waals surface area contributed by atoms with Crippen LogP contribution in [0.2, 0.25) is 0 Å². The van der Waals surface area contributed by atoms with Gasteiger partial charge in [0.1, 0.15) is 0 Å². The van der Waals surface area contributed by atoms with Crippen LogP contribution in [0.25, 0.3) is 0 Å². The van der Waals surface area contributed by atoms with Crippen molar-refractivity contribution in [2.75, 3.05) is 32.4 Å². The van der Waals surface area contributed by atoms with Crippen LogP contribution in [0.4, 0.5) is 5.13 Å². The normalized spacial score (nSPS) is 24.5. The van der Waals surface area contributed by atoms with E-state index in [4.69, 9.17) is 5.73 Å². The first-order valence-corrected chi connectivity index (χ1v) is 6.15. The molecule has 1 aromatic heterocycles. The van der Waals surface area contributed by atoms with Gasteiger partial charge in [-0.15, -0.1) is 11.3 Å². The average Bonchev–Trinajstić information content (AvgIpc) is 2.56. The van der Waals surface area contributed by atoms with E-state index in [0.29, 0.717) is 11.2 Å². The molecule has 1 saturated heterocycles. The van der Waals surface area contributed by atoms with Crippen LogP contribution in [0.5, 0.6) is 0 Å². The van der Waals surface area contributed by atoms with Crippen LogP contribution >= 0.6 is 11.3 Å². The van der Waals surface area contributed by atoms with E-state index in [-0.39, 0.29) is 0 Å². The predicted molar refractivity (Wildman–Crippen MR) is 63.9 cm³/mol. The highest BCUT2D eigenvalue weighted by molar-refractivity contribution is 7.13. The second-order valence-electron chi connectivity index (χ2n) is 4.26. The quantitative estimate of drug-likeness (QED) is 0.812. The van der Waals surface area contributed by atoms with Crippen molar-refractivity contribution in [3.63, 3.8) is 0 Å². The molecule has 1 aliphatic rings. The molecule has 2 heterocycles. The molecular weight excluding hydrogens is 208 g/mol. The number of likely N-dealkylation sites (N-methyl/N-ethyl adjacent to an activating group) is 1. The largest absolute Gasteiger partial charge is 0.375 e. The van der Waals surface area contributed by atoms with E-state index in [0.717, 1.165) is 31.9 Å². The van der Waals surface area contributed by atoms with E-state index in [9.17, 15) is 0 Å². The van der Waals surface area contributed by atoms with Crippen LogP contribution in [0.1, 0.15) is 12.6 Å². The van der Waals surface area contributed by atoms with Gasteiger partial charge in [-0.25, -0.2) is 4.98 Å². The Hall–Kier alpha value is -0.650. The smallest absolute Gasteiger partial charge is 0.180 e. The Morgan fingerprint density at radius 1 is 1.60 bits per heavy atom.